The van der Waals surface area contributed by atoms with Crippen molar-refractivity contribution in [3.05, 3.63) is 83.7 Å². The minimum absolute atomic E-state index is 0.187. The molecule has 1 unspecified atom stereocenters. The molecular weight excluding hydrogens is 469 g/mol. The van der Waals surface area contributed by atoms with Crippen molar-refractivity contribution in [1.29, 1.82) is 0 Å². The number of nitrogens with zero attached hydrogens (tertiary/aromatic N) is 2. The molecule has 1 saturated heterocycles. The van der Waals surface area contributed by atoms with Crippen molar-refractivity contribution in [3.63, 3.8) is 0 Å². The van der Waals surface area contributed by atoms with E-state index in [9.17, 15) is 14.0 Å². The largest absolute Gasteiger partial charge is 0.497 e. The van der Waals surface area contributed by atoms with Crippen LogP contribution >= 0.6 is 11.8 Å². The normalized spacial score (nSPS) is 18.7. The van der Waals surface area contributed by atoms with E-state index in [2.05, 4.69) is 5.32 Å². The van der Waals surface area contributed by atoms with Gasteiger partial charge in [-0.2, -0.15) is 0 Å². The SMILES string of the molecule is COc1ccc(NC(=O)N2CCSC23C(=O)N(Cc2cccc(F)c2)c2ccc(OC)cc23)cc1. The summed E-state index contributed by atoms with van der Waals surface area (Å²) in [6.07, 6.45) is 0. The van der Waals surface area contributed by atoms with Gasteiger partial charge in [0.25, 0.3) is 5.91 Å². The number of anilines is 2. The van der Waals surface area contributed by atoms with E-state index in [0.29, 0.717) is 46.3 Å². The maximum atomic E-state index is 14.1. The first-order chi connectivity index (χ1) is 17.0. The Hall–Kier alpha value is -3.72. The van der Waals surface area contributed by atoms with Gasteiger partial charge >= 0.3 is 6.03 Å². The van der Waals surface area contributed by atoms with Crippen molar-refractivity contribution in [2.75, 3.05) is 36.7 Å². The number of carbonyl (C=O) groups excluding carboxylic acids is 2. The van der Waals surface area contributed by atoms with Gasteiger partial charge in [-0.3, -0.25) is 9.69 Å². The van der Waals surface area contributed by atoms with Gasteiger partial charge in [0, 0.05) is 23.5 Å². The summed E-state index contributed by atoms with van der Waals surface area (Å²) in [6.45, 7) is 0.578. The van der Waals surface area contributed by atoms with Crippen molar-refractivity contribution in [1.82, 2.24) is 4.90 Å². The molecule has 3 aromatic carbocycles. The van der Waals surface area contributed by atoms with Gasteiger partial charge in [-0.1, -0.05) is 12.1 Å². The molecule has 9 heteroatoms. The number of urea groups is 1. The molecule has 1 spiro atoms. The van der Waals surface area contributed by atoms with E-state index in [-0.39, 0.29) is 24.3 Å². The van der Waals surface area contributed by atoms with Crippen LogP contribution in [0.1, 0.15) is 11.1 Å². The molecule has 35 heavy (non-hydrogen) atoms. The number of amides is 3. The quantitative estimate of drug-likeness (QED) is 0.552. The highest BCUT2D eigenvalue weighted by molar-refractivity contribution is 8.01. The van der Waals surface area contributed by atoms with Gasteiger partial charge in [0.2, 0.25) is 0 Å². The average Bonchev–Trinajstić information content (AvgIpc) is 3.41. The number of hydrogen-bond donors (Lipinski definition) is 1. The van der Waals surface area contributed by atoms with Crippen LogP contribution in [0.5, 0.6) is 11.5 Å². The summed E-state index contributed by atoms with van der Waals surface area (Å²) < 4.78 is 24.5. The number of rotatable bonds is 5. The smallest absolute Gasteiger partial charge is 0.323 e. The lowest BCUT2D eigenvalue weighted by molar-refractivity contribution is -0.123. The average molecular weight is 494 g/mol. The van der Waals surface area contributed by atoms with Gasteiger partial charge in [0.1, 0.15) is 17.3 Å². The van der Waals surface area contributed by atoms with E-state index >= 15 is 0 Å². The summed E-state index contributed by atoms with van der Waals surface area (Å²) in [5.41, 5.74) is 2.62. The fraction of sp³-hybridized carbons (Fsp3) is 0.231. The van der Waals surface area contributed by atoms with Gasteiger partial charge in [-0.25, -0.2) is 9.18 Å². The molecule has 5 rings (SSSR count). The van der Waals surface area contributed by atoms with E-state index in [1.807, 2.05) is 12.1 Å². The first-order valence-electron chi connectivity index (χ1n) is 11.1. The van der Waals surface area contributed by atoms with Crippen molar-refractivity contribution in [3.8, 4) is 11.5 Å². The van der Waals surface area contributed by atoms with Crippen LogP contribution in [-0.2, 0) is 16.2 Å². The Balaban J connectivity index is 1.52. The van der Waals surface area contributed by atoms with Gasteiger partial charge in [0.05, 0.1) is 26.5 Å². The topological polar surface area (TPSA) is 71.1 Å². The highest BCUT2D eigenvalue weighted by Gasteiger charge is 2.59. The molecular formula is C26H24FN3O4S. The lowest BCUT2D eigenvalue weighted by Gasteiger charge is -2.33. The Bertz CT molecular complexity index is 1290. The van der Waals surface area contributed by atoms with Crippen molar-refractivity contribution in [2.45, 2.75) is 11.4 Å². The highest BCUT2D eigenvalue weighted by Crippen LogP contribution is 2.55. The van der Waals surface area contributed by atoms with Crippen molar-refractivity contribution >= 4 is 35.1 Å². The summed E-state index contributed by atoms with van der Waals surface area (Å²) in [4.78, 5) is 29.5. The first kappa shape index (κ1) is 23.0. The van der Waals surface area contributed by atoms with Crippen LogP contribution in [0.15, 0.2) is 66.7 Å². The molecule has 3 aromatic rings. The molecule has 0 bridgehead atoms. The minimum Gasteiger partial charge on any atom is -0.497 e. The zero-order valence-electron chi connectivity index (χ0n) is 19.3. The molecule has 2 aliphatic rings. The highest BCUT2D eigenvalue weighted by atomic mass is 32.2. The number of ether oxygens (including phenoxy) is 2. The van der Waals surface area contributed by atoms with Crippen LogP contribution in [0.2, 0.25) is 0 Å². The number of fused-ring (bicyclic) bond motifs is 2. The number of thioether (sulfide) groups is 1. The molecule has 0 radical (unpaired) electrons. The number of hydrogen-bond acceptors (Lipinski definition) is 5. The minimum atomic E-state index is -1.24. The number of halogens is 1. The summed E-state index contributed by atoms with van der Waals surface area (Å²) in [5, 5.41) is 2.90. The van der Waals surface area contributed by atoms with E-state index in [1.54, 1.807) is 66.5 Å². The number of carbonyl (C=O) groups is 2. The van der Waals surface area contributed by atoms with Crippen molar-refractivity contribution < 1.29 is 23.5 Å². The molecule has 1 fully saturated rings. The van der Waals surface area contributed by atoms with E-state index in [1.165, 1.54) is 23.9 Å². The van der Waals surface area contributed by atoms with Gasteiger partial charge in [0.15, 0.2) is 4.87 Å². The second kappa shape index (κ2) is 9.14. The monoisotopic (exact) mass is 493 g/mol. The standard InChI is InChI=1S/C26H24FN3O4S/c1-33-20-8-6-19(7-9-20)28-25(32)30-12-13-35-26(30)22-15-21(34-2)10-11-23(22)29(24(26)31)16-17-4-3-5-18(27)14-17/h3-11,14-15H,12-13,16H2,1-2H3,(H,28,32). The summed E-state index contributed by atoms with van der Waals surface area (Å²) in [7, 11) is 3.14. The molecule has 1 atom stereocenters. The zero-order chi connectivity index (χ0) is 24.6. The Morgan fingerprint density at radius 1 is 1.06 bits per heavy atom. The Kier molecular flexibility index (Phi) is 6.02. The van der Waals surface area contributed by atoms with Crippen LogP contribution in [0.3, 0.4) is 0 Å². The third-order valence-corrected chi connectivity index (χ3v) is 7.64. The summed E-state index contributed by atoms with van der Waals surface area (Å²) in [5.74, 6) is 1.25. The molecule has 2 aliphatic heterocycles. The van der Waals surface area contributed by atoms with Crippen LogP contribution in [-0.4, -0.2) is 43.4 Å². The molecule has 1 N–H and O–H groups in total. The Labute approximate surface area is 206 Å². The molecule has 3 amide bonds. The molecule has 0 saturated carbocycles. The second-order valence-corrected chi connectivity index (χ2v) is 9.49. The predicted octanol–water partition coefficient (Wildman–Crippen LogP) is 4.82. The van der Waals surface area contributed by atoms with E-state index < -0.39 is 4.87 Å². The van der Waals surface area contributed by atoms with E-state index in [0.717, 1.165) is 0 Å². The molecule has 2 heterocycles. The molecule has 0 aromatic heterocycles. The molecule has 180 valence electrons. The predicted molar refractivity (Wildman–Crippen MR) is 133 cm³/mol. The van der Waals surface area contributed by atoms with Crippen LogP contribution in [0.25, 0.3) is 0 Å². The van der Waals surface area contributed by atoms with Crippen LogP contribution < -0.4 is 19.7 Å². The lowest BCUT2D eigenvalue weighted by Crippen LogP contribution is -2.51. The summed E-state index contributed by atoms with van der Waals surface area (Å²) in [6, 6.07) is 18.2. The third-order valence-electron chi connectivity index (χ3n) is 6.22. The molecule has 0 aliphatic carbocycles. The van der Waals surface area contributed by atoms with E-state index in [4.69, 9.17) is 9.47 Å². The maximum Gasteiger partial charge on any atom is 0.323 e. The van der Waals surface area contributed by atoms with Gasteiger partial charge in [-0.15, -0.1) is 11.8 Å². The van der Waals surface area contributed by atoms with Gasteiger partial charge in [-0.05, 0) is 60.2 Å². The third kappa shape index (κ3) is 3.95. The van der Waals surface area contributed by atoms with Gasteiger partial charge < -0.3 is 19.7 Å². The first-order valence-corrected chi connectivity index (χ1v) is 12.1. The number of methoxy groups -OCH3 is 2. The Morgan fingerprint density at radius 3 is 2.51 bits per heavy atom. The van der Waals surface area contributed by atoms with Crippen LogP contribution in [0.4, 0.5) is 20.6 Å². The lowest BCUT2D eigenvalue weighted by atomic mass is 10.1. The Morgan fingerprint density at radius 2 is 1.80 bits per heavy atom. The number of nitrogens with one attached hydrogen (secondary N) is 1. The second-order valence-electron chi connectivity index (χ2n) is 8.21. The maximum absolute atomic E-state index is 14.1. The molecule has 7 nitrogen and oxygen atoms in total. The zero-order valence-corrected chi connectivity index (χ0v) is 20.1. The summed E-state index contributed by atoms with van der Waals surface area (Å²) >= 11 is 1.42. The fourth-order valence-electron chi connectivity index (χ4n) is 4.56. The fourth-order valence-corrected chi connectivity index (χ4v) is 6.01. The van der Waals surface area contributed by atoms with Crippen LogP contribution in [0, 0.1) is 5.82 Å². The van der Waals surface area contributed by atoms with Crippen molar-refractivity contribution in [2.24, 2.45) is 0 Å². The number of benzene rings is 3.